The number of carbonyl (C=O) groups is 1. The zero-order chi connectivity index (χ0) is 10.6. The van der Waals surface area contributed by atoms with Gasteiger partial charge in [0.1, 0.15) is 0 Å². The molecule has 1 aromatic rings. The molecule has 0 aliphatic carbocycles. The molecule has 0 saturated carbocycles. The minimum absolute atomic E-state index is 0.112. The summed E-state index contributed by atoms with van der Waals surface area (Å²) >= 11 is 0. The molecule has 1 aromatic carbocycles. The Bertz CT molecular complexity index is 339. The second kappa shape index (κ2) is 4.60. The first-order valence-electron chi connectivity index (χ1n) is 4.30. The van der Waals surface area contributed by atoms with Gasteiger partial charge in [0.15, 0.2) is 11.6 Å². The molecule has 1 N–H and O–H groups in total. The lowest BCUT2D eigenvalue weighted by atomic mass is 10.3. The van der Waals surface area contributed by atoms with Crippen molar-refractivity contribution in [2.24, 2.45) is 0 Å². The van der Waals surface area contributed by atoms with Crippen molar-refractivity contribution < 1.29 is 13.9 Å². The molecule has 0 heterocycles. The summed E-state index contributed by atoms with van der Waals surface area (Å²) in [6.45, 7) is 1.75. The van der Waals surface area contributed by atoms with E-state index in [1.165, 1.54) is 25.3 Å². The fourth-order valence-corrected chi connectivity index (χ4v) is 0.987. The summed E-state index contributed by atoms with van der Waals surface area (Å²) in [5.74, 6) is -0.431. The summed E-state index contributed by atoms with van der Waals surface area (Å²) in [7, 11) is 1.38. The van der Waals surface area contributed by atoms with Gasteiger partial charge in [-0.05, 0) is 12.1 Å². The van der Waals surface area contributed by atoms with Gasteiger partial charge in [-0.2, -0.15) is 0 Å². The standard InChI is InChI=1S/C10H12FNO2/c1-3-10(13)12-7-4-5-8(11)9(6-7)14-2/h4-6H,3H2,1-2H3,(H,12,13). The van der Waals surface area contributed by atoms with Crippen molar-refractivity contribution in [2.45, 2.75) is 13.3 Å². The Balaban J connectivity index is 2.84. The fraction of sp³-hybridized carbons (Fsp3) is 0.300. The highest BCUT2D eigenvalue weighted by molar-refractivity contribution is 5.90. The highest BCUT2D eigenvalue weighted by atomic mass is 19.1. The number of hydrogen-bond donors (Lipinski definition) is 1. The van der Waals surface area contributed by atoms with Gasteiger partial charge in [0.2, 0.25) is 5.91 Å². The summed E-state index contributed by atoms with van der Waals surface area (Å²) in [6, 6.07) is 4.19. The van der Waals surface area contributed by atoms with Gasteiger partial charge in [-0.1, -0.05) is 6.92 Å². The second-order valence-electron chi connectivity index (χ2n) is 2.75. The number of anilines is 1. The molecule has 0 aromatic heterocycles. The predicted octanol–water partition coefficient (Wildman–Crippen LogP) is 2.18. The smallest absolute Gasteiger partial charge is 0.224 e. The number of methoxy groups -OCH3 is 1. The quantitative estimate of drug-likeness (QED) is 0.806. The van der Waals surface area contributed by atoms with E-state index in [0.29, 0.717) is 12.1 Å². The van der Waals surface area contributed by atoms with Gasteiger partial charge in [-0.15, -0.1) is 0 Å². The topological polar surface area (TPSA) is 38.3 Å². The minimum atomic E-state index is -0.443. The van der Waals surface area contributed by atoms with Crippen LogP contribution in [0.15, 0.2) is 18.2 Å². The molecule has 0 bridgehead atoms. The molecule has 0 radical (unpaired) electrons. The van der Waals surface area contributed by atoms with Gasteiger partial charge in [-0.3, -0.25) is 4.79 Å². The van der Waals surface area contributed by atoms with E-state index in [1.807, 2.05) is 0 Å². The summed E-state index contributed by atoms with van der Waals surface area (Å²) in [6.07, 6.45) is 0.389. The number of amides is 1. The number of hydrogen-bond acceptors (Lipinski definition) is 2. The van der Waals surface area contributed by atoms with E-state index in [4.69, 9.17) is 4.74 Å². The fourth-order valence-electron chi connectivity index (χ4n) is 0.987. The van der Waals surface area contributed by atoms with Crippen molar-refractivity contribution in [3.63, 3.8) is 0 Å². The van der Waals surface area contributed by atoms with Crippen LogP contribution in [0, 0.1) is 5.82 Å². The molecular weight excluding hydrogens is 185 g/mol. The predicted molar refractivity (Wildman–Crippen MR) is 51.9 cm³/mol. The van der Waals surface area contributed by atoms with E-state index in [0.717, 1.165) is 0 Å². The van der Waals surface area contributed by atoms with Crippen LogP contribution in [0.2, 0.25) is 0 Å². The number of carbonyl (C=O) groups excluding carboxylic acids is 1. The highest BCUT2D eigenvalue weighted by Crippen LogP contribution is 2.21. The Hall–Kier alpha value is -1.58. The largest absolute Gasteiger partial charge is 0.494 e. The van der Waals surface area contributed by atoms with Crippen LogP contribution in [-0.4, -0.2) is 13.0 Å². The van der Waals surface area contributed by atoms with E-state index >= 15 is 0 Å². The maximum atomic E-state index is 13.0. The molecule has 1 rings (SSSR count). The van der Waals surface area contributed by atoms with Crippen LogP contribution < -0.4 is 10.1 Å². The molecule has 0 fully saturated rings. The van der Waals surface area contributed by atoms with Crippen molar-refractivity contribution in [3.05, 3.63) is 24.0 Å². The number of ether oxygens (including phenoxy) is 1. The van der Waals surface area contributed by atoms with Gasteiger partial charge >= 0.3 is 0 Å². The van der Waals surface area contributed by atoms with E-state index in [1.54, 1.807) is 6.92 Å². The van der Waals surface area contributed by atoms with Crippen molar-refractivity contribution >= 4 is 11.6 Å². The van der Waals surface area contributed by atoms with Crippen molar-refractivity contribution in [2.75, 3.05) is 12.4 Å². The first kappa shape index (κ1) is 10.5. The van der Waals surface area contributed by atoms with E-state index in [9.17, 15) is 9.18 Å². The average molecular weight is 197 g/mol. The molecule has 0 saturated heterocycles. The molecule has 14 heavy (non-hydrogen) atoms. The molecule has 0 unspecified atom stereocenters. The number of benzene rings is 1. The Labute approximate surface area is 81.9 Å². The maximum Gasteiger partial charge on any atom is 0.224 e. The molecule has 0 aliphatic rings. The number of nitrogens with one attached hydrogen (secondary N) is 1. The zero-order valence-corrected chi connectivity index (χ0v) is 8.13. The second-order valence-corrected chi connectivity index (χ2v) is 2.75. The van der Waals surface area contributed by atoms with Crippen molar-refractivity contribution in [1.82, 2.24) is 0 Å². The molecule has 0 spiro atoms. The zero-order valence-electron chi connectivity index (χ0n) is 8.13. The lowest BCUT2D eigenvalue weighted by molar-refractivity contribution is -0.115. The SMILES string of the molecule is CCC(=O)Nc1ccc(F)c(OC)c1. The van der Waals surface area contributed by atoms with E-state index < -0.39 is 5.82 Å². The third kappa shape index (κ3) is 2.45. The Morgan fingerprint density at radius 1 is 1.57 bits per heavy atom. The molecule has 0 atom stereocenters. The molecule has 3 nitrogen and oxygen atoms in total. The Morgan fingerprint density at radius 3 is 2.86 bits per heavy atom. The lowest BCUT2D eigenvalue weighted by Crippen LogP contribution is -2.09. The molecule has 76 valence electrons. The van der Waals surface area contributed by atoms with Crippen molar-refractivity contribution in [1.29, 1.82) is 0 Å². The monoisotopic (exact) mass is 197 g/mol. The summed E-state index contributed by atoms with van der Waals surface area (Å²) in [5.41, 5.74) is 0.537. The average Bonchev–Trinajstić information content (AvgIpc) is 2.20. The Kier molecular flexibility index (Phi) is 3.45. The summed E-state index contributed by atoms with van der Waals surface area (Å²) in [5, 5.41) is 2.61. The molecule has 1 amide bonds. The summed E-state index contributed by atoms with van der Waals surface area (Å²) < 4.78 is 17.7. The van der Waals surface area contributed by atoms with Crippen LogP contribution in [0.3, 0.4) is 0 Å². The van der Waals surface area contributed by atoms with Crippen LogP contribution in [0.4, 0.5) is 10.1 Å². The third-order valence-electron chi connectivity index (χ3n) is 1.76. The van der Waals surface area contributed by atoms with Gasteiger partial charge in [0.25, 0.3) is 0 Å². The summed E-state index contributed by atoms with van der Waals surface area (Å²) in [4.78, 5) is 11.0. The first-order valence-corrected chi connectivity index (χ1v) is 4.30. The highest BCUT2D eigenvalue weighted by Gasteiger charge is 2.04. The van der Waals surface area contributed by atoms with E-state index in [-0.39, 0.29) is 11.7 Å². The van der Waals surface area contributed by atoms with Crippen LogP contribution in [0.25, 0.3) is 0 Å². The maximum absolute atomic E-state index is 13.0. The molecule has 4 heteroatoms. The third-order valence-corrected chi connectivity index (χ3v) is 1.76. The van der Waals surface area contributed by atoms with E-state index in [2.05, 4.69) is 5.32 Å². The van der Waals surface area contributed by atoms with Crippen molar-refractivity contribution in [3.8, 4) is 5.75 Å². The normalized spacial score (nSPS) is 9.64. The van der Waals surface area contributed by atoms with Crippen LogP contribution in [-0.2, 0) is 4.79 Å². The van der Waals surface area contributed by atoms with Gasteiger partial charge < -0.3 is 10.1 Å². The Morgan fingerprint density at radius 2 is 2.29 bits per heavy atom. The van der Waals surface area contributed by atoms with Gasteiger partial charge in [0.05, 0.1) is 7.11 Å². The van der Waals surface area contributed by atoms with Crippen LogP contribution >= 0.6 is 0 Å². The van der Waals surface area contributed by atoms with Gasteiger partial charge in [0, 0.05) is 18.2 Å². The minimum Gasteiger partial charge on any atom is -0.494 e. The number of halogens is 1. The van der Waals surface area contributed by atoms with Crippen LogP contribution in [0.1, 0.15) is 13.3 Å². The molecule has 0 aliphatic heterocycles. The number of rotatable bonds is 3. The lowest BCUT2D eigenvalue weighted by Gasteiger charge is -2.06. The molecular formula is C10H12FNO2. The van der Waals surface area contributed by atoms with Crippen LogP contribution in [0.5, 0.6) is 5.75 Å². The first-order chi connectivity index (χ1) is 6.67. The van der Waals surface area contributed by atoms with Gasteiger partial charge in [-0.25, -0.2) is 4.39 Å².